The summed E-state index contributed by atoms with van der Waals surface area (Å²) in [5.41, 5.74) is 2.33. The molecule has 0 aliphatic carbocycles. The molecule has 1 atom stereocenters. The molecule has 2 radical (unpaired) electrons. The molecule has 12 heteroatoms. The third-order valence-electron chi connectivity index (χ3n) is 6.23. The summed E-state index contributed by atoms with van der Waals surface area (Å²) < 4.78 is 42.9. The third kappa shape index (κ3) is 4.82. The Balaban J connectivity index is 1.37. The van der Waals surface area contributed by atoms with Gasteiger partial charge in [0.2, 0.25) is 10.0 Å². The maximum absolute atomic E-state index is 13.5. The van der Waals surface area contributed by atoms with Gasteiger partial charge in [0.05, 0.1) is 15.6 Å². The van der Waals surface area contributed by atoms with Crippen molar-refractivity contribution in [2.24, 2.45) is 5.92 Å². The van der Waals surface area contributed by atoms with E-state index in [0.29, 0.717) is 53.7 Å². The van der Waals surface area contributed by atoms with Gasteiger partial charge in [0.15, 0.2) is 5.65 Å². The van der Waals surface area contributed by atoms with Crippen LogP contribution in [0.3, 0.4) is 0 Å². The number of sulfonamides is 1. The number of hydrogen-bond acceptors (Lipinski definition) is 5. The van der Waals surface area contributed by atoms with Crippen molar-refractivity contribution in [2.75, 3.05) is 25.0 Å². The first-order valence-electron chi connectivity index (χ1n) is 11.3. The highest BCUT2D eigenvalue weighted by atomic mass is 35.5. The average Bonchev–Trinajstić information content (AvgIpc) is 3.25. The molecule has 1 aliphatic heterocycles. The lowest BCUT2D eigenvalue weighted by molar-refractivity contribution is 0.275. The van der Waals surface area contributed by atoms with Crippen molar-refractivity contribution in [1.82, 2.24) is 18.9 Å². The normalized spacial score (nSPS) is 16.9. The van der Waals surface area contributed by atoms with Crippen LogP contribution in [0.1, 0.15) is 12.8 Å². The molecule has 1 aliphatic rings. The van der Waals surface area contributed by atoms with E-state index in [9.17, 15) is 12.8 Å². The monoisotopic (exact) mass is 543 g/mol. The zero-order chi connectivity index (χ0) is 25.4. The number of fused-ring (bicyclic) bond motifs is 1. The van der Waals surface area contributed by atoms with Crippen LogP contribution in [0.15, 0.2) is 59.6 Å². The quantitative estimate of drug-likeness (QED) is 0.370. The first-order chi connectivity index (χ1) is 17.2. The summed E-state index contributed by atoms with van der Waals surface area (Å²) in [4.78, 5) is 4.62. The van der Waals surface area contributed by atoms with E-state index < -0.39 is 15.8 Å². The largest absolute Gasteiger partial charge is 0.370 e. The smallest absolute Gasteiger partial charge is 0.243 e. The Bertz CT molecular complexity index is 1550. The fourth-order valence-electron chi connectivity index (χ4n) is 4.36. The summed E-state index contributed by atoms with van der Waals surface area (Å²) in [7, 11) is 2.30. The van der Waals surface area contributed by atoms with Crippen LogP contribution in [-0.2, 0) is 10.0 Å². The fraction of sp³-hybridized carbons (Fsp3) is 0.250. The van der Waals surface area contributed by atoms with Crippen LogP contribution in [0, 0.1) is 11.7 Å². The third-order valence-corrected chi connectivity index (χ3v) is 8.71. The van der Waals surface area contributed by atoms with Crippen LogP contribution < -0.4 is 10.8 Å². The van der Waals surface area contributed by atoms with Crippen LogP contribution in [0.4, 0.5) is 10.2 Å². The highest BCUT2D eigenvalue weighted by molar-refractivity contribution is 7.89. The minimum absolute atomic E-state index is 0.0188. The number of nitrogens with zero attached hydrogens (tertiary/aromatic N) is 4. The number of anilines is 1. The standard InChI is InChI=1S/C24H21BCl2FN5O2S/c25-18-13-30-33-23(11-22(31-24(18)33)17-5-1-2-6-19(17)26)29-12-15-4-3-9-32(14-15)36(34,35)16-7-8-21(28)20(27)10-16/h1-2,5-8,10-11,13,15,29H,3-4,9,12,14H2. The molecular weight excluding hydrogens is 523 g/mol. The van der Waals surface area contributed by atoms with Crippen molar-refractivity contribution in [1.29, 1.82) is 0 Å². The minimum Gasteiger partial charge on any atom is -0.370 e. The first kappa shape index (κ1) is 25.0. The topological polar surface area (TPSA) is 79.6 Å². The van der Waals surface area contributed by atoms with Gasteiger partial charge in [-0.15, -0.1) is 0 Å². The maximum atomic E-state index is 13.5. The molecule has 4 aromatic rings. The van der Waals surface area contributed by atoms with E-state index in [1.54, 1.807) is 10.6 Å². The molecule has 36 heavy (non-hydrogen) atoms. The van der Waals surface area contributed by atoms with Gasteiger partial charge in [-0.25, -0.2) is 17.8 Å². The van der Waals surface area contributed by atoms with Crippen molar-refractivity contribution < 1.29 is 12.8 Å². The van der Waals surface area contributed by atoms with Gasteiger partial charge in [-0.1, -0.05) is 41.4 Å². The Morgan fingerprint density at radius 3 is 2.72 bits per heavy atom. The van der Waals surface area contributed by atoms with Gasteiger partial charge < -0.3 is 5.32 Å². The number of halogens is 3. The van der Waals surface area contributed by atoms with Crippen LogP contribution in [0.25, 0.3) is 16.9 Å². The number of aromatic nitrogens is 3. The van der Waals surface area contributed by atoms with Crippen LogP contribution in [-0.4, -0.2) is 54.8 Å². The van der Waals surface area contributed by atoms with Crippen LogP contribution in [0.5, 0.6) is 0 Å². The van der Waals surface area contributed by atoms with Crippen LogP contribution >= 0.6 is 23.2 Å². The molecule has 0 amide bonds. The predicted molar refractivity (Wildman–Crippen MR) is 140 cm³/mol. The summed E-state index contributed by atoms with van der Waals surface area (Å²) in [6, 6.07) is 12.7. The van der Waals surface area contributed by atoms with Gasteiger partial charge in [0.1, 0.15) is 19.5 Å². The molecule has 0 saturated carbocycles. The molecular formula is C24H21BCl2FN5O2S. The van der Waals surface area contributed by atoms with Gasteiger partial charge in [-0.2, -0.15) is 13.9 Å². The molecule has 184 valence electrons. The molecule has 1 unspecified atom stereocenters. The summed E-state index contributed by atoms with van der Waals surface area (Å²) in [5, 5.41) is 8.07. The van der Waals surface area contributed by atoms with Crippen molar-refractivity contribution in [2.45, 2.75) is 17.7 Å². The zero-order valence-electron chi connectivity index (χ0n) is 19.0. The average molecular weight is 544 g/mol. The number of benzene rings is 2. The highest BCUT2D eigenvalue weighted by Gasteiger charge is 2.31. The SMILES string of the molecule is [B]c1cnn2c(NCC3CCCN(S(=O)(=O)c4ccc(F)c(Cl)c4)C3)cc(-c3ccccc3Cl)nc12. The number of nitrogens with one attached hydrogen (secondary N) is 1. The van der Waals surface area contributed by atoms with E-state index >= 15 is 0 Å². The molecule has 1 fully saturated rings. The second kappa shape index (κ2) is 10.0. The highest BCUT2D eigenvalue weighted by Crippen LogP contribution is 2.30. The molecule has 1 saturated heterocycles. The Morgan fingerprint density at radius 1 is 1.14 bits per heavy atom. The Labute approximate surface area is 219 Å². The second-order valence-corrected chi connectivity index (χ2v) is 11.4. The summed E-state index contributed by atoms with van der Waals surface area (Å²) in [6.45, 7) is 1.20. The van der Waals surface area contributed by atoms with E-state index in [0.717, 1.165) is 24.1 Å². The van der Waals surface area contributed by atoms with Crippen molar-refractivity contribution in [3.05, 3.63) is 70.6 Å². The van der Waals surface area contributed by atoms with E-state index in [2.05, 4.69) is 15.4 Å². The van der Waals surface area contributed by atoms with Gasteiger partial charge >= 0.3 is 0 Å². The maximum Gasteiger partial charge on any atom is 0.243 e. The van der Waals surface area contributed by atoms with E-state index in [1.165, 1.54) is 16.6 Å². The summed E-state index contributed by atoms with van der Waals surface area (Å²) in [5.74, 6) is 0.0386. The second-order valence-electron chi connectivity index (χ2n) is 8.67. The predicted octanol–water partition coefficient (Wildman–Crippen LogP) is 4.15. The Morgan fingerprint density at radius 2 is 1.94 bits per heavy atom. The van der Waals surface area contributed by atoms with E-state index in [-0.39, 0.29) is 15.8 Å². The van der Waals surface area contributed by atoms with Crippen molar-refractivity contribution in [3.63, 3.8) is 0 Å². The summed E-state index contributed by atoms with van der Waals surface area (Å²) in [6.07, 6.45) is 3.08. The van der Waals surface area contributed by atoms with Gasteiger partial charge in [0, 0.05) is 42.5 Å². The van der Waals surface area contributed by atoms with Gasteiger partial charge in [0.25, 0.3) is 0 Å². The lowest BCUT2D eigenvalue weighted by atomic mass is 9.99. The number of piperidine rings is 1. The molecule has 0 spiro atoms. The molecule has 3 heterocycles. The van der Waals surface area contributed by atoms with Gasteiger partial charge in [-0.3, -0.25) is 0 Å². The molecule has 1 N–H and O–H groups in total. The van der Waals surface area contributed by atoms with Crippen LogP contribution in [0.2, 0.25) is 10.0 Å². The molecule has 5 rings (SSSR count). The Hall–Kier alpha value is -2.66. The molecule has 2 aromatic heterocycles. The lowest BCUT2D eigenvalue weighted by Gasteiger charge is -2.32. The lowest BCUT2D eigenvalue weighted by Crippen LogP contribution is -2.41. The first-order valence-corrected chi connectivity index (χ1v) is 13.5. The van der Waals surface area contributed by atoms with Crippen molar-refractivity contribution in [3.8, 4) is 11.3 Å². The fourth-order valence-corrected chi connectivity index (χ4v) is 6.42. The molecule has 2 aromatic carbocycles. The Kier molecular flexibility index (Phi) is 6.96. The minimum atomic E-state index is -3.80. The van der Waals surface area contributed by atoms with Crippen molar-refractivity contribution >= 4 is 58.0 Å². The molecule has 0 bridgehead atoms. The zero-order valence-corrected chi connectivity index (χ0v) is 21.4. The van der Waals surface area contributed by atoms with Gasteiger partial charge in [-0.05, 0) is 48.5 Å². The number of hydrogen-bond donors (Lipinski definition) is 1. The number of rotatable bonds is 6. The van der Waals surface area contributed by atoms with E-state index in [1.807, 2.05) is 24.3 Å². The molecule has 7 nitrogen and oxygen atoms in total. The van der Waals surface area contributed by atoms with E-state index in [4.69, 9.17) is 31.0 Å². The summed E-state index contributed by atoms with van der Waals surface area (Å²) >= 11 is 12.2.